The standard InChI is InChI=1S/C15H15NO4/c1-20-13-7-3-6-12(14(13)18)15(19)16-9-10-4-2-5-11(17)8-10/h2-8,17-18H,9H2,1H3,(H,16,19). The number of para-hydroxylation sites is 1. The van der Waals surface area contributed by atoms with Crippen molar-refractivity contribution in [2.45, 2.75) is 6.54 Å². The number of methoxy groups -OCH3 is 1. The van der Waals surface area contributed by atoms with Crippen molar-refractivity contribution in [3.05, 3.63) is 53.6 Å². The molecular formula is C15H15NO4. The third-order valence-corrected chi connectivity index (χ3v) is 2.83. The summed E-state index contributed by atoms with van der Waals surface area (Å²) in [6.07, 6.45) is 0. The molecule has 0 unspecified atom stereocenters. The van der Waals surface area contributed by atoms with Gasteiger partial charge >= 0.3 is 0 Å². The highest BCUT2D eigenvalue weighted by atomic mass is 16.5. The quantitative estimate of drug-likeness (QED) is 0.796. The van der Waals surface area contributed by atoms with E-state index < -0.39 is 5.91 Å². The minimum absolute atomic E-state index is 0.140. The van der Waals surface area contributed by atoms with E-state index in [1.807, 2.05) is 0 Å². The molecule has 0 aliphatic rings. The van der Waals surface area contributed by atoms with E-state index >= 15 is 0 Å². The molecule has 5 heteroatoms. The van der Waals surface area contributed by atoms with E-state index in [4.69, 9.17) is 4.74 Å². The average molecular weight is 273 g/mol. The van der Waals surface area contributed by atoms with Crippen LogP contribution in [0.15, 0.2) is 42.5 Å². The zero-order valence-corrected chi connectivity index (χ0v) is 11.0. The molecule has 0 radical (unpaired) electrons. The van der Waals surface area contributed by atoms with Gasteiger partial charge in [-0.15, -0.1) is 0 Å². The molecule has 0 spiro atoms. The Labute approximate surface area is 116 Å². The summed E-state index contributed by atoms with van der Waals surface area (Å²) in [4.78, 5) is 12.0. The Morgan fingerprint density at radius 3 is 2.65 bits per heavy atom. The van der Waals surface area contributed by atoms with E-state index in [1.54, 1.807) is 36.4 Å². The Morgan fingerprint density at radius 1 is 1.20 bits per heavy atom. The van der Waals surface area contributed by atoms with Gasteiger partial charge in [0.25, 0.3) is 5.91 Å². The number of amides is 1. The van der Waals surface area contributed by atoms with Crippen LogP contribution < -0.4 is 10.1 Å². The number of nitrogens with one attached hydrogen (secondary N) is 1. The van der Waals surface area contributed by atoms with Crippen molar-refractivity contribution < 1.29 is 19.7 Å². The second-order valence-corrected chi connectivity index (χ2v) is 4.21. The molecule has 104 valence electrons. The number of phenols is 2. The van der Waals surface area contributed by atoms with Crippen LogP contribution >= 0.6 is 0 Å². The average Bonchev–Trinajstić information content (AvgIpc) is 2.45. The first-order chi connectivity index (χ1) is 9.61. The molecule has 2 aromatic rings. The van der Waals surface area contributed by atoms with Crippen LogP contribution in [0.1, 0.15) is 15.9 Å². The highest BCUT2D eigenvalue weighted by Gasteiger charge is 2.14. The summed E-state index contributed by atoms with van der Waals surface area (Å²) in [7, 11) is 1.42. The number of benzene rings is 2. The predicted octanol–water partition coefficient (Wildman–Crippen LogP) is 2.04. The van der Waals surface area contributed by atoms with Gasteiger partial charge in [0.15, 0.2) is 11.5 Å². The van der Waals surface area contributed by atoms with Crippen LogP contribution in [0.3, 0.4) is 0 Å². The van der Waals surface area contributed by atoms with Crippen molar-refractivity contribution in [2.24, 2.45) is 0 Å². The van der Waals surface area contributed by atoms with Gasteiger partial charge in [-0.05, 0) is 29.8 Å². The van der Waals surface area contributed by atoms with Gasteiger partial charge in [0.2, 0.25) is 0 Å². The van der Waals surface area contributed by atoms with E-state index in [0.717, 1.165) is 5.56 Å². The first-order valence-electron chi connectivity index (χ1n) is 6.04. The van der Waals surface area contributed by atoms with E-state index in [0.29, 0.717) is 0 Å². The molecule has 20 heavy (non-hydrogen) atoms. The second-order valence-electron chi connectivity index (χ2n) is 4.21. The summed E-state index contributed by atoms with van der Waals surface area (Å²) in [5.41, 5.74) is 0.908. The van der Waals surface area contributed by atoms with E-state index in [1.165, 1.54) is 13.2 Å². The molecule has 0 fully saturated rings. The fourth-order valence-electron chi connectivity index (χ4n) is 1.81. The SMILES string of the molecule is COc1cccc(C(=O)NCc2cccc(O)c2)c1O. The van der Waals surface area contributed by atoms with Crippen LogP contribution in [0.5, 0.6) is 17.2 Å². The maximum atomic E-state index is 12.0. The number of rotatable bonds is 4. The largest absolute Gasteiger partial charge is 0.508 e. The highest BCUT2D eigenvalue weighted by Crippen LogP contribution is 2.29. The van der Waals surface area contributed by atoms with Crippen LogP contribution in [-0.4, -0.2) is 23.2 Å². The summed E-state index contributed by atoms with van der Waals surface area (Å²) in [6.45, 7) is 0.254. The van der Waals surface area contributed by atoms with E-state index in [2.05, 4.69) is 5.32 Å². The summed E-state index contributed by atoms with van der Waals surface area (Å²) in [6, 6.07) is 11.3. The molecule has 2 rings (SSSR count). The van der Waals surface area contributed by atoms with Crippen LogP contribution in [0, 0.1) is 0 Å². The first kappa shape index (κ1) is 13.7. The maximum absolute atomic E-state index is 12.0. The number of phenolic OH excluding ortho intramolecular Hbond substituents is 2. The van der Waals surface area contributed by atoms with Crippen LogP contribution in [-0.2, 0) is 6.54 Å². The molecule has 2 aromatic carbocycles. The molecule has 0 saturated carbocycles. The normalized spacial score (nSPS) is 10.1. The third kappa shape index (κ3) is 3.00. The van der Waals surface area contributed by atoms with Gasteiger partial charge in [0.1, 0.15) is 5.75 Å². The molecule has 1 amide bonds. The number of carbonyl (C=O) groups is 1. The molecule has 3 N–H and O–H groups in total. The smallest absolute Gasteiger partial charge is 0.255 e. The fourth-order valence-corrected chi connectivity index (χ4v) is 1.81. The lowest BCUT2D eigenvalue weighted by Gasteiger charge is -2.09. The summed E-state index contributed by atoms with van der Waals surface area (Å²) >= 11 is 0. The zero-order valence-electron chi connectivity index (χ0n) is 11.0. The lowest BCUT2D eigenvalue weighted by atomic mass is 10.1. The van der Waals surface area contributed by atoms with Crippen molar-refractivity contribution >= 4 is 5.91 Å². The summed E-state index contributed by atoms with van der Waals surface area (Å²) in [5, 5.41) is 21.9. The monoisotopic (exact) mass is 273 g/mol. The summed E-state index contributed by atoms with van der Waals surface area (Å²) in [5.74, 6) is -0.218. The predicted molar refractivity (Wildman–Crippen MR) is 73.9 cm³/mol. The Hall–Kier alpha value is -2.69. The van der Waals surface area contributed by atoms with Gasteiger partial charge in [-0.3, -0.25) is 4.79 Å². The molecule has 0 atom stereocenters. The van der Waals surface area contributed by atoms with Crippen molar-refractivity contribution in [1.82, 2.24) is 5.32 Å². The van der Waals surface area contributed by atoms with Crippen molar-refractivity contribution in [2.75, 3.05) is 7.11 Å². The molecular weight excluding hydrogens is 258 g/mol. The second kappa shape index (κ2) is 5.97. The molecule has 5 nitrogen and oxygen atoms in total. The number of hydrogen-bond donors (Lipinski definition) is 3. The Morgan fingerprint density at radius 2 is 1.95 bits per heavy atom. The Bertz CT molecular complexity index is 625. The van der Waals surface area contributed by atoms with Gasteiger partial charge in [-0.1, -0.05) is 18.2 Å². The number of ether oxygens (including phenoxy) is 1. The number of hydrogen-bond acceptors (Lipinski definition) is 4. The third-order valence-electron chi connectivity index (χ3n) is 2.83. The van der Waals surface area contributed by atoms with Crippen molar-refractivity contribution in [1.29, 1.82) is 0 Å². The van der Waals surface area contributed by atoms with Gasteiger partial charge < -0.3 is 20.3 Å². The lowest BCUT2D eigenvalue weighted by Crippen LogP contribution is -2.22. The number of aromatic hydroxyl groups is 2. The van der Waals surface area contributed by atoms with Crippen LogP contribution in [0.4, 0.5) is 0 Å². The molecule has 0 heterocycles. The van der Waals surface area contributed by atoms with Gasteiger partial charge in [-0.25, -0.2) is 0 Å². The topological polar surface area (TPSA) is 78.8 Å². The van der Waals surface area contributed by atoms with Crippen molar-refractivity contribution in [3.63, 3.8) is 0 Å². The zero-order chi connectivity index (χ0) is 14.5. The minimum atomic E-state index is -0.412. The Balaban J connectivity index is 2.09. The van der Waals surface area contributed by atoms with Gasteiger partial charge in [0, 0.05) is 6.54 Å². The fraction of sp³-hybridized carbons (Fsp3) is 0.133. The van der Waals surface area contributed by atoms with E-state index in [-0.39, 0.29) is 29.4 Å². The minimum Gasteiger partial charge on any atom is -0.508 e. The Kier molecular flexibility index (Phi) is 4.10. The first-order valence-corrected chi connectivity index (χ1v) is 6.04. The maximum Gasteiger partial charge on any atom is 0.255 e. The number of carbonyl (C=O) groups excluding carboxylic acids is 1. The molecule has 0 saturated heterocycles. The molecule has 0 aliphatic carbocycles. The van der Waals surface area contributed by atoms with Crippen LogP contribution in [0.25, 0.3) is 0 Å². The molecule has 0 aliphatic heterocycles. The molecule has 0 aromatic heterocycles. The van der Waals surface area contributed by atoms with Crippen LogP contribution in [0.2, 0.25) is 0 Å². The summed E-state index contributed by atoms with van der Waals surface area (Å²) < 4.78 is 4.95. The van der Waals surface area contributed by atoms with Gasteiger partial charge in [-0.2, -0.15) is 0 Å². The van der Waals surface area contributed by atoms with Crippen molar-refractivity contribution in [3.8, 4) is 17.2 Å². The highest BCUT2D eigenvalue weighted by molar-refractivity contribution is 5.97. The lowest BCUT2D eigenvalue weighted by molar-refractivity contribution is 0.0947. The molecule has 0 bridgehead atoms. The van der Waals surface area contributed by atoms with Gasteiger partial charge in [0.05, 0.1) is 12.7 Å². The van der Waals surface area contributed by atoms with E-state index in [9.17, 15) is 15.0 Å².